The molecule has 5 aromatic rings. The summed E-state index contributed by atoms with van der Waals surface area (Å²) < 4.78 is 27.4. The molecule has 54 heavy (non-hydrogen) atoms. The van der Waals surface area contributed by atoms with Crippen molar-refractivity contribution in [3.63, 3.8) is 0 Å². The number of anilines is 1. The van der Waals surface area contributed by atoms with E-state index < -0.39 is 5.82 Å². The molecule has 2 saturated carbocycles. The number of pyridine rings is 1. The average Bonchev–Trinajstić information content (AvgIpc) is 3.67. The van der Waals surface area contributed by atoms with E-state index in [4.69, 9.17) is 38.0 Å². The average molecular weight is 768 g/mol. The lowest BCUT2D eigenvalue weighted by Crippen LogP contribution is -2.41. The number of nitriles is 1. The lowest BCUT2D eigenvalue weighted by Gasteiger charge is -2.39. The Morgan fingerprint density at radius 1 is 1.15 bits per heavy atom. The number of hydrogen-bond acceptors (Lipinski definition) is 7. The van der Waals surface area contributed by atoms with Crippen molar-refractivity contribution in [1.82, 2.24) is 29.5 Å². The Morgan fingerprint density at radius 2 is 1.98 bits per heavy atom. The first-order chi connectivity index (χ1) is 26.3. The molecule has 6 fully saturated rings. The number of nitrogens with zero attached hydrogens (tertiary/aromatic N) is 7. The van der Waals surface area contributed by atoms with Gasteiger partial charge in [0, 0.05) is 84.0 Å². The highest BCUT2D eigenvalue weighted by Crippen LogP contribution is 2.52. The minimum Gasteiger partial charge on any atom is -0.378 e. The normalized spacial score (nSPS) is 25.1. The Bertz CT molecular complexity index is 2360. The summed E-state index contributed by atoms with van der Waals surface area (Å²) in [7, 11) is 0. The van der Waals surface area contributed by atoms with E-state index in [9.17, 15) is 10.1 Å². The molecule has 4 saturated heterocycles. The second-order valence-electron chi connectivity index (χ2n) is 15.7. The van der Waals surface area contributed by atoms with Gasteiger partial charge in [0.25, 0.3) is 0 Å². The summed E-state index contributed by atoms with van der Waals surface area (Å²) >= 11 is 13.2. The van der Waals surface area contributed by atoms with Crippen molar-refractivity contribution in [3.05, 3.63) is 75.5 Å². The summed E-state index contributed by atoms with van der Waals surface area (Å²) in [6.07, 6.45) is 8.26. The maximum Gasteiger partial charge on any atom is 0.226 e. The van der Waals surface area contributed by atoms with Crippen molar-refractivity contribution >= 4 is 56.6 Å². The molecule has 6 aliphatic rings. The second kappa shape index (κ2) is 13.2. The molecule has 2 bridgehead atoms. The molecular weight excluding hydrogens is 726 g/mol. The summed E-state index contributed by atoms with van der Waals surface area (Å²) in [6.45, 7) is 6.51. The predicted molar refractivity (Wildman–Crippen MR) is 206 cm³/mol. The number of fused-ring (bicyclic) bond motifs is 4. The Kier molecular flexibility index (Phi) is 8.40. The molecule has 7 heterocycles. The molecular formula is C41H41Cl2FN8O2. The Hall–Kier alpha value is -4.21. The van der Waals surface area contributed by atoms with Gasteiger partial charge in [-0.05, 0) is 68.7 Å². The number of nitrogens with one attached hydrogen (secondary N) is 1. The molecule has 2 aliphatic carbocycles. The van der Waals surface area contributed by atoms with Gasteiger partial charge in [-0.1, -0.05) is 35.3 Å². The molecule has 1 amide bonds. The number of halogens is 3. The molecule has 2 aromatic carbocycles. The highest BCUT2D eigenvalue weighted by molar-refractivity contribution is 6.43. The standard InChI is InChI=1S/C41H41Cl2FN8O2/c1-22-29-17-34(33-16-26(20-50(33)41(53)23-7-8-23)51-21-27(19-47-51)49-10-12-54-13-11-49)52(39-25-15-32(39)46-18-25)40(29)30-14-24(4-3-9-45)35(37(44)38(30)48-22)28-5-2-6-31(42)36(28)43/h2,5-6,14,17,19,21,23,25-26,32-33,39,46H,3-4,7-8,10-13,15-16,18,20H2,1H3. The summed E-state index contributed by atoms with van der Waals surface area (Å²) in [5.74, 6) is 0.221. The monoisotopic (exact) mass is 766 g/mol. The van der Waals surface area contributed by atoms with E-state index in [0.29, 0.717) is 59.2 Å². The third-order valence-corrected chi connectivity index (χ3v) is 13.4. The number of aromatic nitrogens is 4. The van der Waals surface area contributed by atoms with Crippen LogP contribution >= 0.6 is 23.2 Å². The van der Waals surface area contributed by atoms with Crippen LogP contribution in [0.5, 0.6) is 0 Å². The summed E-state index contributed by atoms with van der Waals surface area (Å²) in [5, 5.41) is 20.5. The van der Waals surface area contributed by atoms with Crippen molar-refractivity contribution in [2.45, 2.75) is 69.6 Å². The number of rotatable bonds is 8. The topological polar surface area (TPSA) is 104 Å². The van der Waals surface area contributed by atoms with Gasteiger partial charge in [0.05, 0.1) is 64.9 Å². The molecule has 0 spiro atoms. The molecule has 10 nitrogen and oxygen atoms in total. The number of ether oxygens (including phenoxy) is 1. The number of amides is 1. The van der Waals surface area contributed by atoms with Crippen LogP contribution in [0.25, 0.3) is 32.9 Å². The number of aryl methyl sites for hydroxylation is 2. The fraction of sp³-hybridized carbons (Fsp3) is 0.463. The first-order valence-electron chi connectivity index (χ1n) is 19.2. The van der Waals surface area contributed by atoms with Gasteiger partial charge in [0.1, 0.15) is 5.52 Å². The summed E-state index contributed by atoms with van der Waals surface area (Å²) in [6, 6.07) is 12.0. The van der Waals surface area contributed by atoms with Crippen LogP contribution in [0.15, 0.2) is 42.7 Å². The highest BCUT2D eigenvalue weighted by Gasteiger charge is 2.51. The van der Waals surface area contributed by atoms with Crippen molar-refractivity contribution in [3.8, 4) is 17.2 Å². The van der Waals surface area contributed by atoms with Crippen molar-refractivity contribution in [2.75, 3.05) is 44.3 Å². The lowest BCUT2D eigenvalue weighted by molar-refractivity contribution is -0.133. The van der Waals surface area contributed by atoms with E-state index in [0.717, 1.165) is 73.3 Å². The van der Waals surface area contributed by atoms with Crippen LogP contribution in [-0.2, 0) is 16.0 Å². The number of carbonyl (C=O) groups excluding carboxylic acids is 1. The largest absolute Gasteiger partial charge is 0.378 e. The molecule has 4 aliphatic heterocycles. The third kappa shape index (κ3) is 5.43. The first kappa shape index (κ1) is 34.3. The molecule has 11 rings (SSSR count). The van der Waals surface area contributed by atoms with Crippen molar-refractivity contribution in [1.29, 1.82) is 5.26 Å². The second-order valence-corrected chi connectivity index (χ2v) is 16.5. The molecule has 1 N–H and O–H groups in total. The lowest BCUT2D eigenvalue weighted by atomic mass is 9.79. The van der Waals surface area contributed by atoms with Crippen LogP contribution in [0.2, 0.25) is 10.0 Å². The minimum atomic E-state index is -0.472. The van der Waals surface area contributed by atoms with E-state index in [2.05, 4.69) is 42.7 Å². The van der Waals surface area contributed by atoms with Crippen LogP contribution in [0, 0.1) is 35.9 Å². The zero-order valence-electron chi connectivity index (χ0n) is 30.1. The minimum absolute atomic E-state index is 0.00573. The van der Waals surface area contributed by atoms with Crippen molar-refractivity contribution in [2.24, 2.45) is 11.8 Å². The van der Waals surface area contributed by atoms with E-state index in [1.807, 2.05) is 19.2 Å². The van der Waals surface area contributed by atoms with Crippen LogP contribution in [0.1, 0.15) is 67.2 Å². The SMILES string of the molecule is Cc1nc2c(F)c(-c3cccc(Cl)c3Cl)c(CCC#N)cc2c2c1cc(C1CC(n3cc(N4CCOCC4)cn3)CN1C(=O)C1CC1)n2C1C2CNC1C2. The number of hydrogen-bond donors (Lipinski definition) is 1. The maximum absolute atomic E-state index is 17.3. The van der Waals surface area contributed by atoms with E-state index in [1.54, 1.807) is 18.2 Å². The zero-order valence-corrected chi connectivity index (χ0v) is 31.6. The van der Waals surface area contributed by atoms with Crippen LogP contribution in [0.3, 0.4) is 0 Å². The number of carbonyl (C=O) groups is 1. The van der Waals surface area contributed by atoms with Crippen LogP contribution < -0.4 is 10.2 Å². The summed E-state index contributed by atoms with van der Waals surface area (Å²) in [4.78, 5) is 23.5. The van der Waals surface area contributed by atoms with Gasteiger partial charge >= 0.3 is 0 Å². The fourth-order valence-corrected chi connectivity index (χ4v) is 10.1. The van der Waals surface area contributed by atoms with E-state index in [1.165, 1.54) is 0 Å². The Labute approximate surface area is 322 Å². The van der Waals surface area contributed by atoms with Gasteiger partial charge in [-0.2, -0.15) is 10.4 Å². The predicted octanol–water partition coefficient (Wildman–Crippen LogP) is 7.56. The smallest absolute Gasteiger partial charge is 0.226 e. The van der Waals surface area contributed by atoms with Gasteiger partial charge in [0.2, 0.25) is 5.91 Å². The van der Waals surface area contributed by atoms with Gasteiger partial charge < -0.3 is 24.4 Å². The number of likely N-dealkylation sites (tertiary alicyclic amines) is 1. The third-order valence-electron chi connectivity index (χ3n) is 12.6. The van der Waals surface area contributed by atoms with Gasteiger partial charge in [-0.3, -0.25) is 9.48 Å². The molecule has 5 atom stereocenters. The van der Waals surface area contributed by atoms with Crippen LogP contribution in [-0.4, -0.2) is 75.6 Å². The molecule has 13 heteroatoms. The molecule has 5 unspecified atom stereocenters. The molecule has 0 radical (unpaired) electrons. The van der Waals surface area contributed by atoms with Crippen LogP contribution in [0.4, 0.5) is 10.1 Å². The van der Waals surface area contributed by atoms with E-state index in [-0.39, 0.29) is 53.0 Å². The zero-order chi connectivity index (χ0) is 36.8. The van der Waals surface area contributed by atoms with E-state index >= 15 is 4.39 Å². The number of benzene rings is 2. The summed E-state index contributed by atoms with van der Waals surface area (Å²) in [5.41, 5.74) is 5.57. The fourth-order valence-electron chi connectivity index (χ4n) is 9.71. The van der Waals surface area contributed by atoms with Gasteiger partial charge in [0.15, 0.2) is 5.82 Å². The first-order valence-corrected chi connectivity index (χ1v) is 19.9. The highest BCUT2D eigenvalue weighted by atomic mass is 35.5. The quantitative estimate of drug-likeness (QED) is 0.174. The van der Waals surface area contributed by atoms with Gasteiger partial charge in [-0.25, -0.2) is 9.37 Å². The van der Waals surface area contributed by atoms with Gasteiger partial charge in [-0.15, -0.1) is 0 Å². The van der Waals surface area contributed by atoms with Crippen molar-refractivity contribution < 1.29 is 13.9 Å². The molecule has 278 valence electrons. The molecule has 3 aromatic heterocycles. The number of morpholine rings is 1. The maximum atomic E-state index is 17.3. The Balaban J connectivity index is 1.16. The Morgan fingerprint density at radius 3 is 2.72 bits per heavy atom.